The molecule has 1 aliphatic carbocycles. The van der Waals surface area contributed by atoms with Crippen LogP contribution in [0.4, 0.5) is 0 Å². The van der Waals surface area contributed by atoms with Crippen molar-refractivity contribution in [2.75, 3.05) is 20.3 Å². The molecular formula is C12H25NO. The van der Waals surface area contributed by atoms with Gasteiger partial charge in [0.25, 0.3) is 0 Å². The largest absolute Gasteiger partial charge is 0.385 e. The summed E-state index contributed by atoms with van der Waals surface area (Å²) in [6.45, 7) is 9.05. The quantitative estimate of drug-likeness (QED) is 0.680. The average Bonchev–Trinajstić information content (AvgIpc) is 2.94. The van der Waals surface area contributed by atoms with Crippen molar-refractivity contribution < 1.29 is 4.74 Å². The van der Waals surface area contributed by atoms with Crippen molar-refractivity contribution in [1.29, 1.82) is 0 Å². The van der Waals surface area contributed by atoms with Gasteiger partial charge >= 0.3 is 0 Å². The Morgan fingerprint density at radius 1 is 1.43 bits per heavy atom. The van der Waals surface area contributed by atoms with Crippen molar-refractivity contribution in [2.24, 2.45) is 11.3 Å². The number of methoxy groups -OCH3 is 1. The van der Waals surface area contributed by atoms with Gasteiger partial charge in [0.05, 0.1) is 0 Å². The van der Waals surface area contributed by atoms with Crippen LogP contribution in [0.2, 0.25) is 0 Å². The van der Waals surface area contributed by atoms with Gasteiger partial charge in [0, 0.05) is 26.3 Å². The zero-order chi connectivity index (χ0) is 10.6. The van der Waals surface area contributed by atoms with Crippen LogP contribution >= 0.6 is 0 Å². The molecule has 0 spiro atoms. The van der Waals surface area contributed by atoms with Gasteiger partial charge in [-0.25, -0.2) is 0 Å². The summed E-state index contributed by atoms with van der Waals surface area (Å²) >= 11 is 0. The van der Waals surface area contributed by atoms with Crippen LogP contribution in [-0.4, -0.2) is 26.3 Å². The Morgan fingerprint density at radius 2 is 2.07 bits per heavy atom. The highest BCUT2D eigenvalue weighted by atomic mass is 16.5. The molecule has 0 aromatic heterocycles. The lowest BCUT2D eigenvalue weighted by molar-refractivity contribution is 0.134. The first-order chi connectivity index (χ1) is 6.56. The Kier molecular flexibility index (Phi) is 4.39. The molecule has 2 nitrogen and oxygen atoms in total. The van der Waals surface area contributed by atoms with Gasteiger partial charge in [-0.1, -0.05) is 20.8 Å². The molecule has 1 rings (SSSR count). The third kappa shape index (κ3) is 3.97. The Balaban J connectivity index is 2.21. The minimum absolute atomic E-state index is 0.390. The Labute approximate surface area is 88.4 Å². The standard InChI is InChI=1S/C12H25NO/c1-10(7-8-14-4)12(2,3)9-13-11-5-6-11/h10-11,13H,5-9H2,1-4H3. The highest BCUT2D eigenvalue weighted by molar-refractivity contribution is 4.85. The summed E-state index contributed by atoms with van der Waals surface area (Å²) in [5.74, 6) is 0.716. The fourth-order valence-electron chi connectivity index (χ4n) is 1.55. The van der Waals surface area contributed by atoms with Gasteiger partial charge < -0.3 is 10.1 Å². The first kappa shape index (κ1) is 12.0. The molecule has 1 aliphatic rings. The minimum Gasteiger partial charge on any atom is -0.385 e. The van der Waals surface area contributed by atoms with Gasteiger partial charge in [-0.05, 0) is 30.6 Å². The van der Waals surface area contributed by atoms with E-state index in [1.165, 1.54) is 12.8 Å². The zero-order valence-electron chi connectivity index (χ0n) is 10.1. The van der Waals surface area contributed by atoms with E-state index in [1.54, 1.807) is 7.11 Å². The third-order valence-corrected chi connectivity index (χ3v) is 3.51. The molecule has 14 heavy (non-hydrogen) atoms. The number of hydrogen-bond acceptors (Lipinski definition) is 2. The van der Waals surface area contributed by atoms with Crippen LogP contribution in [-0.2, 0) is 4.74 Å². The summed E-state index contributed by atoms with van der Waals surface area (Å²) in [6.07, 6.45) is 3.92. The summed E-state index contributed by atoms with van der Waals surface area (Å²) in [4.78, 5) is 0. The molecule has 2 heteroatoms. The van der Waals surface area contributed by atoms with Crippen LogP contribution in [0, 0.1) is 11.3 Å². The summed E-state index contributed by atoms with van der Waals surface area (Å²) in [6, 6.07) is 0.823. The molecule has 0 aromatic carbocycles. The first-order valence-corrected chi connectivity index (χ1v) is 5.78. The van der Waals surface area contributed by atoms with Crippen LogP contribution in [0.5, 0.6) is 0 Å². The van der Waals surface area contributed by atoms with E-state index in [4.69, 9.17) is 4.74 Å². The molecule has 0 heterocycles. The highest BCUT2D eigenvalue weighted by Gasteiger charge is 2.28. The van der Waals surface area contributed by atoms with Crippen LogP contribution in [0.1, 0.15) is 40.0 Å². The molecular weight excluding hydrogens is 174 g/mol. The molecule has 0 radical (unpaired) electrons. The SMILES string of the molecule is COCCC(C)C(C)(C)CNC1CC1. The van der Waals surface area contributed by atoms with Gasteiger partial charge in [0.2, 0.25) is 0 Å². The summed E-state index contributed by atoms with van der Waals surface area (Å²) < 4.78 is 5.13. The summed E-state index contributed by atoms with van der Waals surface area (Å²) in [5, 5.41) is 3.61. The molecule has 1 atom stereocenters. The van der Waals surface area contributed by atoms with Gasteiger partial charge in [-0.2, -0.15) is 0 Å². The molecule has 0 bridgehead atoms. The fourth-order valence-corrected chi connectivity index (χ4v) is 1.55. The molecule has 1 fully saturated rings. The fraction of sp³-hybridized carbons (Fsp3) is 1.00. The average molecular weight is 199 g/mol. The normalized spacial score (nSPS) is 19.7. The smallest absolute Gasteiger partial charge is 0.0465 e. The lowest BCUT2D eigenvalue weighted by Crippen LogP contribution is -2.36. The van der Waals surface area contributed by atoms with E-state index in [9.17, 15) is 0 Å². The van der Waals surface area contributed by atoms with Crippen molar-refractivity contribution in [2.45, 2.75) is 46.1 Å². The second-order valence-corrected chi connectivity index (χ2v) is 5.33. The van der Waals surface area contributed by atoms with Gasteiger partial charge in [-0.15, -0.1) is 0 Å². The predicted molar refractivity (Wildman–Crippen MR) is 60.5 cm³/mol. The van der Waals surface area contributed by atoms with E-state index >= 15 is 0 Å². The summed E-state index contributed by atoms with van der Waals surface area (Å²) in [7, 11) is 1.78. The molecule has 0 amide bonds. The number of ether oxygens (including phenoxy) is 1. The van der Waals surface area contributed by atoms with Crippen LogP contribution < -0.4 is 5.32 Å². The molecule has 84 valence electrons. The third-order valence-electron chi connectivity index (χ3n) is 3.51. The van der Waals surface area contributed by atoms with Crippen molar-refractivity contribution in [3.8, 4) is 0 Å². The number of hydrogen-bond donors (Lipinski definition) is 1. The topological polar surface area (TPSA) is 21.3 Å². The second-order valence-electron chi connectivity index (χ2n) is 5.33. The lowest BCUT2D eigenvalue weighted by atomic mass is 9.78. The second kappa shape index (κ2) is 5.13. The monoisotopic (exact) mass is 199 g/mol. The van der Waals surface area contributed by atoms with Crippen molar-refractivity contribution in [3.63, 3.8) is 0 Å². The van der Waals surface area contributed by atoms with Crippen molar-refractivity contribution in [3.05, 3.63) is 0 Å². The highest BCUT2D eigenvalue weighted by Crippen LogP contribution is 2.30. The maximum atomic E-state index is 5.13. The number of rotatable bonds is 7. The van der Waals surface area contributed by atoms with Crippen molar-refractivity contribution >= 4 is 0 Å². The summed E-state index contributed by atoms with van der Waals surface area (Å²) in [5.41, 5.74) is 0.390. The van der Waals surface area contributed by atoms with E-state index in [2.05, 4.69) is 26.1 Å². The van der Waals surface area contributed by atoms with E-state index in [1.807, 2.05) is 0 Å². The first-order valence-electron chi connectivity index (χ1n) is 5.78. The Bertz CT molecular complexity index is 164. The molecule has 1 unspecified atom stereocenters. The Morgan fingerprint density at radius 3 is 2.57 bits per heavy atom. The number of nitrogens with one attached hydrogen (secondary N) is 1. The van der Waals surface area contributed by atoms with Gasteiger partial charge in [0.1, 0.15) is 0 Å². The maximum absolute atomic E-state index is 5.13. The Hall–Kier alpha value is -0.0800. The minimum atomic E-state index is 0.390. The van der Waals surface area contributed by atoms with Gasteiger partial charge in [0.15, 0.2) is 0 Å². The van der Waals surface area contributed by atoms with Crippen LogP contribution in [0.3, 0.4) is 0 Å². The maximum Gasteiger partial charge on any atom is 0.0465 e. The van der Waals surface area contributed by atoms with E-state index in [-0.39, 0.29) is 0 Å². The predicted octanol–water partition coefficient (Wildman–Crippen LogP) is 2.44. The molecule has 1 N–H and O–H groups in total. The molecule has 0 aliphatic heterocycles. The van der Waals surface area contributed by atoms with Crippen LogP contribution in [0.15, 0.2) is 0 Å². The van der Waals surface area contributed by atoms with E-state index in [0.717, 1.165) is 25.6 Å². The molecule has 0 saturated heterocycles. The van der Waals surface area contributed by atoms with Gasteiger partial charge in [-0.3, -0.25) is 0 Å². The zero-order valence-corrected chi connectivity index (χ0v) is 10.1. The molecule has 1 saturated carbocycles. The molecule has 0 aromatic rings. The van der Waals surface area contributed by atoms with Crippen molar-refractivity contribution in [1.82, 2.24) is 5.32 Å². The van der Waals surface area contributed by atoms with Crippen LogP contribution in [0.25, 0.3) is 0 Å². The van der Waals surface area contributed by atoms with E-state index < -0.39 is 0 Å². The lowest BCUT2D eigenvalue weighted by Gasteiger charge is -2.32. The van der Waals surface area contributed by atoms with E-state index in [0.29, 0.717) is 11.3 Å².